The molecule has 208 valence electrons. The van der Waals surface area contributed by atoms with E-state index in [1.54, 1.807) is 36.4 Å². The van der Waals surface area contributed by atoms with Crippen LogP contribution in [0.5, 0.6) is 5.75 Å². The Morgan fingerprint density at radius 1 is 0.878 bits per heavy atom. The van der Waals surface area contributed by atoms with Crippen molar-refractivity contribution >= 4 is 41.1 Å². The van der Waals surface area contributed by atoms with E-state index in [-0.39, 0.29) is 21.9 Å². The van der Waals surface area contributed by atoms with Crippen molar-refractivity contribution in [2.45, 2.75) is 26.7 Å². The molecule has 3 amide bonds. The number of ether oxygens (including phenoxy) is 1. The maximum Gasteiger partial charge on any atom is 0.343 e. The minimum Gasteiger partial charge on any atom is -0.423 e. The third-order valence-electron chi connectivity index (χ3n) is 7.35. The zero-order chi connectivity index (χ0) is 29.3. The van der Waals surface area contributed by atoms with Gasteiger partial charge in [0.2, 0.25) is 0 Å². The monoisotopic (exact) mass is 570 g/mol. The summed E-state index contributed by atoms with van der Waals surface area (Å²) >= 11 is 6.28. The van der Waals surface area contributed by atoms with E-state index in [4.69, 9.17) is 16.3 Å². The zero-order valence-corrected chi connectivity index (χ0v) is 23.3. The second-order valence-corrected chi connectivity index (χ2v) is 10.6. The molecule has 0 aromatic heterocycles. The van der Waals surface area contributed by atoms with E-state index >= 15 is 0 Å². The number of imide groups is 1. The predicted octanol–water partition coefficient (Wildman–Crippen LogP) is 5.45. The van der Waals surface area contributed by atoms with E-state index < -0.39 is 47.9 Å². The molecule has 3 aromatic carbocycles. The van der Waals surface area contributed by atoms with E-state index in [1.165, 1.54) is 36.4 Å². The minimum atomic E-state index is -0.738. The average Bonchev–Trinajstić information content (AvgIpc) is 3.20. The number of hydrazine groups is 1. The Balaban J connectivity index is 1.38. The molecule has 3 aromatic rings. The lowest BCUT2D eigenvalue weighted by Crippen LogP contribution is -2.52. The van der Waals surface area contributed by atoms with Gasteiger partial charge >= 0.3 is 5.97 Å². The van der Waals surface area contributed by atoms with Crippen molar-refractivity contribution in [3.63, 3.8) is 0 Å². The first kappa shape index (κ1) is 28.0. The molecule has 0 N–H and O–H groups in total. The number of rotatable bonds is 7. The van der Waals surface area contributed by atoms with E-state index in [0.29, 0.717) is 18.4 Å². The fraction of sp³-hybridized carbons (Fsp3) is 0.219. The van der Waals surface area contributed by atoms with Crippen LogP contribution in [0.15, 0.2) is 84.4 Å². The Labute approximate surface area is 242 Å². The molecule has 1 aliphatic carbocycles. The molecule has 8 nitrogen and oxygen atoms in total. The Morgan fingerprint density at radius 2 is 1.51 bits per heavy atom. The first-order chi connectivity index (χ1) is 19.6. The van der Waals surface area contributed by atoms with Crippen molar-refractivity contribution in [2.24, 2.45) is 11.8 Å². The van der Waals surface area contributed by atoms with Crippen LogP contribution in [0.25, 0.3) is 0 Å². The summed E-state index contributed by atoms with van der Waals surface area (Å²) in [4.78, 5) is 66.4. The Bertz CT molecular complexity index is 1580. The smallest absolute Gasteiger partial charge is 0.343 e. The first-order valence-corrected chi connectivity index (χ1v) is 13.5. The molecule has 2 aliphatic rings. The summed E-state index contributed by atoms with van der Waals surface area (Å²) < 4.78 is 5.41. The van der Waals surface area contributed by atoms with Gasteiger partial charge in [0.05, 0.1) is 28.0 Å². The number of hydrogen-bond donors (Lipinski definition) is 0. The van der Waals surface area contributed by atoms with Crippen molar-refractivity contribution < 1.29 is 28.7 Å². The van der Waals surface area contributed by atoms with Gasteiger partial charge in [-0.05, 0) is 75.2 Å². The zero-order valence-electron chi connectivity index (χ0n) is 22.5. The van der Waals surface area contributed by atoms with Gasteiger partial charge in [-0.3, -0.25) is 19.2 Å². The number of halogens is 1. The lowest BCUT2D eigenvalue weighted by Gasteiger charge is -2.30. The molecule has 2 atom stereocenters. The van der Waals surface area contributed by atoms with Crippen LogP contribution in [0, 0.1) is 18.8 Å². The molecule has 0 spiro atoms. The summed E-state index contributed by atoms with van der Waals surface area (Å²) in [5.41, 5.74) is 2.65. The lowest BCUT2D eigenvalue weighted by atomic mass is 9.82. The van der Waals surface area contributed by atoms with Gasteiger partial charge in [0, 0.05) is 5.56 Å². The minimum absolute atomic E-state index is 0.0603. The van der Waals surface area contributed by atoms with Crippen molar-refractivity contribution in [2.75, 3.05) is 6.54 Å². The maximum absolute atomic E-state index is 13.7. The highest BCUT2D eigenvalue weighted by Gasteiger charge is 2.51. The van der Waals surface area contributed by atoms with Gasteiger partial charge in [-0.1, -0.05) is 53.1 Å². The normalized spacial score (nSPS) is 18.0. The van der Waals surface area contributed by atoms with E-state index in [9.17, 15) is 24.0 Å². The number of Topliss-reactive ketones (excluding diaryl/α,β-unsaturated/α-hetero) is 1. The number of ketones is 1. The first-order valence-electron chi connectivity index (χ1n) is 13.2. The van der Waals surface area contributed by atoms with Gasteiger partial charge in [-0.15, -0.1) is 0 Å². The van der Waals surface area contributed by atoms with Gasteiger partial charge in [-0.25, -0.2) is 9.80 Å². The van der Waals surface area contributed by atoms with Crippen molar-refractivity contribution in [1.29, 1.82) is 0 Å². The molecular formula is C32H27ClN2O6. The Kier molecular flexibility index (Phi) is 7.85. The number of benzene rings is 3. The lowest BCUT2D eigenvalue weighted by molar-refractivity contribution is -0.154. The fourth-order valence-electron chi connectivity index (χ4n) is 5.06. The van der Waals surface area contributed by atoms with Crippen LogP contribution in [0.3, 0.4) is 0 Å². The van der Waals surface area contributed by atoms with Gasteiger partial charge in [0.25, 0.3) is 17.7 Å². The number of carbonyl (C=O) groups excluding carboxylic acids is 5. The molecule has 1 fully saturated rings. The summed E-state index contributed by atoms with van der Waals surface area (Å²) in [6, 6.07) is 19.0. The predicted molar refractivity (Wildman–Crippen MR) is 151 cm³/mol. The summed E-state index contributed by atoms with van der Waals surface area (Å²) in [6.07, 6.45) is 2.73. The number of hydrogen-bond acceptors (Lipinski definition) is 6. The SMILES string of the molecule is CC1=CC[C@H]2C(=O)N(N(CC(=O)c3ccc(OC(=O)c4ccc(C)cc4)cc3)C(=O)c3ccccc3Cl)C(=O)[C@H]2C1. The van der Waals surface area contributed by atoms with E-state index in [1.807, 2.05) is 19.9 Å². The standard InChI is InChI=1S/C32H27ClN2O6/c1-19-7-10-22(11-8-19)32(40)41-23-14-12-21(13-15-23)28(36)18-34(29(37)25-5-3-4-6-27(25)33)35-30(38)24-16-9-20(2)17-26(24)31(35)39/h3-15,24,26H,16-18H2,1-2H3/t24-,26+/m1/s1. The number of carbonyl (C=O) groups is 5. The second kappa shape index (κ2) is 11.5. The van der Waals surface area contributed by atoms with Gasteiger partial charge in [0.1, 0.15) is 12.3 Å². The number of allylic oxidation sites excluding steroid dienone is 2. The van der Waals surface area contributed by atoms with Crippen LogP contribution in [0.4, 0.5) is 0 Å². The number of amides is 3. The molecule has 1 heterocycles. The molecule has 1 saturated heterocycles. The number of aryl methyl sites for hydroxylation is 1. The number of fused-ring (bicyclic) bond motifs is 1. The molecule has 0 bridgehead atoms. The van der Waals surface area contributed by atoms with E-state index in [2.05, 4.69) is 0 Å². The Hall–Kier alpha value is -4.56. The second-order valence-electron chi connectivity index (χ2n) is 10.2. The average molecular weight is 571 g/mol. The largest absolute Gasteiger partial charge is 0.423 e. The fourth-order valence-corrected chi connectivity index (χ4v) is 5.27. The Morgan fingerprint density at radius 3 is 2.20 bits per heavy atom. The molecule has 0 saturated carbocycles. The third-order valence-corrected chi connectivity index (χ3v) is 7.68. The van der Waals surface area contributed by atoms with Crippen molar-refractivity contribution in [3.8, 4) is 5.75 Å². The van der Waals surface area contributed by atoms with Crippen LogP contribution in [0.1, 0.15) is 56.4 Å². The number of esters is 1. The highest BCUT2D eigenvalue weighted by Crippen LogP contribution is 2.39. The van der Waals surface area contributed by atoms with Crippen LogP contribution in [-0.4, -0.2) is 46.0 Å². The van der Waals surface area contributed by atoms with Crippen LogP contribution in [0.2, 0.25) is 5.02 Å². The summed E-state index contributed by atoms with van der Waals surface area (Å²) in [5, 5.41) is 1.85. The molecule has 1 aliphatic heterocycles. The number of nitrogens with zero attached hydrogens (tertiary/aromatic N) is 2. The van der Waals surface area contributed by atoms with Gasteiger partial charge in [-0.2, -0.15) is 5.01 Å². The van der Waals surface area contributed by atoms with Crippen LogP contribution < -0.4 is 4.74 Å². The maximum atomic E-state index is 13.7. The van der Waals surface area contributed by atoms with Crippen molar-refractivity contribution in [3.05, 3.63) is 112 Å². The molecule has 41 heavy (non-hydrogen) atoms. The molecular weight excluding hydrogens is 544 g/mol. The van der Waals surface area contributed by atoms with Crippen LogP contribution in [-0.2, 0) is 9.59 Å². The molecule has 5 rings (SSSR count). The summed E-state index contributed by atoms with van der Waals surface area (Å²) in [7, 11) is 0. The molecule has 9 heteroatoms. The summed E-state index contributed by atoms with van der Waals surface area (Å²) in [6.45, 7) is 3.24. The quantitative estimate of drug-likeness (QED) is 0.123. The highest BCUT2D eigenvalue weighted by atomic mass is 35.5. The van der Waals surface area contributed by atoms with Crippen molar-refractivity contribution in [1.82, 2.24) is 10.0 Å². The topological polar surface area (TPSA) is 101 Å². The highest BCUT2D eigenvalue weighted by molar-refractivity contribution is 6.34. The summed E-state index contributed by atoms with van der Waals surface area (Å²) in [5.74, 6) is -3.79. The third kappa shape index (κ3) is 5.69. The van der Waals surface area contributed by atoms with E-state index in [0.717, 1.165) is 21.2 Å². The molecule has 0 unspecified atom stereocenters. The molecule has 0 radical (unpaired) electrons. The van der Waals surface area contributed by atoms with Gasteiger partial charge in [0.15, 0.2) is 5.78 Å². The van der Waals surface area contributed by atoms with Gasteiger partial charge < -0.3 is 4.74 Å². The van der Waals surface area contributed by atoms with Crippen LogP contribution >= 0.6 is 11.6 Å².